The van der Waals surface area contributed by atoms with E-state index >= 15 is 0 Å². The van der Waals surface area contributed by atoms with E-state index in [0.29, 0.717) is 6.07 Å². The molecule has 0 aliphatic heterocycles. The summed E-state index contributed by atoms with van der Waals surface area (Å²) in [6.07, 6.45) is -4.70. The second-order valence-electron chi connectivity index (χ2n) is 5.99. The fraction of sp³-hybridized carbons (Fsp3) is 0.278. The lowest BCUT2D eigenvalue weighted by Gasteiger charge is -2.20. The second kappa shape index (κ2) is 8.07. The predicted molar refractivity (Wildman–Crippen MR) is 94.2 cm³/mol. The van der Waals surface area contributed by atoms with Crippen molar-refractivity contribution < 1.29 is 22.9 Å². The van der Waals surface area contributed by atoms with Crippen LogP contribution in [0.2, 0.25) is 0 Å². The molecule has 0 aromatic heterocycles. The lowest BCUT2D eigenvalue weighted by molar-refractivity contribution is -0.384. The van der Waals surface area contributed by atoms with Crippen LogP contribution in [0.1, 0.15) is 31.0 Å². The highest BCUT2D eigenvalue weighted by Gasteiger charge is 2.33. The molecule has 9 heteroatoms. The van der Waals surface area contributed by atoms with Crippen LogP contribution >= 0.6 is 0 Å². The van der Waals surface area contributed by atoms with Gasteiger partial charge in [0.1, 0.15) is 11.7 Å². The van der Waals surface area contributed by atoms with Gasteiger partial charge in [0.05, 0.1) is 16.5 Å². The lowest BCUT2D eigenvalue weighted by Crippen LogP contribution is -2.39. The number of halogens is 3. The monoisotopic (exact) mass is 381 g/mol. The molecular weight excluding hydrogens is 363 g/mol. The summed E-state index contributed by atoms with van der Waals surface area (Å²) in [7, 11) is 0. The van der Waals surface area contributed by atoms with Gasteiger partial charge in [-0.15, -0.1) is 0 Å². The van der Waals surface area contributed by atoms with Gasteiger partial charge in [0, 0.05) is 6.07 Å². The van der Waals surface area contributed by atoms with Crippen molar-refractivity contribution in [1.29, 1.82) is 0 Å². The number of hydrogen-bond acceptors (Lipinski definition) is 4. The third-order valence-corrected chi connectivity index (χ3v) is 3.95. The molecule has 0 spiro atoms. The van der Waals surface area contributed by atoms with Crippen LogP contribution in [0.4, 0.5) is 24.5 Å². The first kappa shape index (κ1) is 20.2. The lowest BCUT2D eigenvalue weighted by atomic mass is 10.1. The largest absolute Gasteiger partial charge is 0.416 e. The van der Waals surface area contributed by atoms with Crippen LogP contribution in [0.3, 0.4) is 0 Å². The van der Waals surface area contributed by atoms with Crippen LogP contribution in [-0.2, 0) is 11.0 Å². The fourth-order valence-electron chi connectivity index (χ4n) is 2.44. The van der Waals surface area contributed by atoms with E-state index in [2.05, 4.69) is 10.6 Å². The summed E-state index contributed by atoms with van der Waals surface area (Å²) in [6.45, 7) is 3.25. The zero-order chi connectivity index (χ0) is 20.2. The van der Waals surface area contributed by atoms with Crippen LogP contribution in [0.15, 0.2) is 48.5 Å². The maximum Gasteiger partial charge on any atom is 0.416 e. The SMILES string of the molecule is C[C@H](Nc1ccc(C(F)(F)F)cc1[N+](=O)[O-])C(=O)N[C@@H](C)c1ccccc1. The number of anilines is 1. The molecule has 6 nitrogen and oxygen atoms in total. The Morgan fingerprint density at radius 1 is 1.11 bits per heavy atom. The molecule has 2 rings (SSSR count). The number of carbonyl (C=O) groups excluding carboxylic acids is 1. The molecule has 2 N–H and O–H groups in total. The molecule has 0 radical (unpaired) electrons. The Balaban J connectivity index is 2.13. The number of benzene rings is 2. The van der Waals surface area contributed by atoms with Crippen molar-refractivity contribution >= 4 is 17.3 Å². The van der Waals surface area contributed by atoms with Gasteiger partial charge in [0.15, 0.2) is 0 Å². The average molecular weight is 381 g/mol. The van der Waals surface area contributed by atoms with E-state index in [1.807, 2.05) is 30.3 Å². The number of nitrogens with one attached hydrogen (secondary N) is 2. The van der Waals surface area contributed by atoms with E-state index in [0.717, 1.165) is 17.7 Å². The highest BCUT2D eigenvalue weighted by atomic mass is 19.4. The van der Waals surface area contributed by atoms with Crippen molar-refractivity contribution in [2.24, 2.45) is 0 Å². The third kappa shape index (κ3) is 5.19. The average Bonchev–Trinajstić information content (AvgIpc) is 2.61. The Labute approximate surface area is 153 Å². The molecule has 144 valence electrons. The molecule has 2 aromatic carbocycles. The number of alkyl halides is 3. The van der Waals surface area contributed by atoms with Crippen molar-refractivity contribution in [3.63, 3.8) is 0 Å². The van der Waals surface area contributed by atoms with Gasteiger partial charge in [-0.05, 0) is 31.5 Å². The number of rotatable bonds is 6. The van der Waals surface area contributed by atoms with Crippen molar-refractivity contribution in [2.45, 2.75) is 32.1 Å². The molecule has 0 saturated carbocycles. The zero-order valence-electron chi connectivity index (χ0n) is 14.6. The molecule has 0 saturated heterocycles. The Bertz CT molecular complexity index is 826. The number of hydrogen-bond donors (Lipinski definition) is 2. The van der Waals surface area contributed by atoms with Crippen LogP contribution in [0, 0.1) is 10.1 Å². The molecule has 27 heavy (non-hydrogen) atoms. The molecule has 2 aromatic rings. The maximum absolute atomic E-state index is 12.8. The van der Waals surface area contributed by atoms with Gasteiger partial charge in [0.2, 0.25) is 5.91 Å². The van der Waals surface area contributed by atoms with E-state index in [1.54, 1.807) is 6.92 Å². The molecule has 0 fully saturated rings. The summed E-state index contributed by atoms with van der Waals surface area (Å²) in [4.78, 5) is 22.5. The summed E-state index contributed by atoms with van der Waals surface area (Å²) in [5.41, 5.74) is -1.17. The molecule has 1 amide bonds. The van der Waals surface area contributed by atoms with Crippen LogP contribution in [0.5, 0.6) is 0 Å². The van der Waals surface area contributed by atoms with Gasteiger partial charge in [-0.2, -0.15) is 13.2 Å². The molecule has 0 aliphatic carbocycles. The normalized spacial score (nSPS) is 13.5. The highest BCUT2D eigenvalue weighted by molar-refractivity contribution is 5.85. The summed E-state index contributed by atoms with van der Waals surface area (Å²) in [6, 6.07) is 10.1. The summed E-state index contributed by atoms with van der Waals surface area (Å²) < 4.78 is 38.3. The Morgan fingerprint density at radius 3 is 2.30 bits per heavy atom. The van der Waals surface area contributed by atoms with E-state index < -0.39 is 34.3 Å². The zero-order valence-corrected chi connectivity index (χ0v) is 14.6. The summed E-state index contributed by atoms with van der Waals surface area (Å²) >= 11 is 0. The second-order valence-corrected chi connectivity index (χ2v) is 5.99. The minimum Gasteiger partial charge on any atom is -0.368 e. The number of carbonyl (C=O) groups is 1. The Kier molecular flexibility index (Phi) is 6.04. The molecule has 0 bridgehead atoms. The third-order valence-electron chi connectivity index (χ3n) is 3.95. The van der Waals surface area contributed by atoms with Crippen LogP contribution in [-0.4, -0.2) is 16.9 Å². The van der Waals surface area contributed by atoms with E-state index in [1.165, 1.54) is 6.92 Å². The first-order valence-electron chi connectivity index (χ1n) is 8.07. The Morgan fingerprint density at radius 2 is 1.74 bits per heavy atom. The minimum atomic E-state index is -4.70. The highest BCUT2D eigenvalue weighted by Crippen LogP contribution is 2.35. The molecule has 0 heterocycles. The first-order chi connectivity index (χ1) is 12.6. The van der Waals surface area contributed by atoms with E-state index in [4.69, 9.17) is 0 Å². The van der Waals surface area contributed by atoms with E-state index in [-0.39, 0.29) is 11.7 Å². The van der Waals surface area contributed by atoms with Gasteiger partial charge >= 0.3 is 6.18 Å². The number of amides is 1. The molecule has 2 atom stereocenters. The van der Waals surface area contributed by atoms with Crippen molar-refractivity contribution in [3.8, 4) is 0 Å². The number of nitrogens with zero attached hydrogens (tertiary/aromatic N) is 1. The van der Waals surface area contributed by atoms with E-state index in [9.17, 15) is 28.1 Å². The minimum absolute atomic E-state index is 0.164. The van der Waals surface area contributed by atoms with Crippen molar-refractivity contribution in [3.05, 3.63) is 69.8 Å². The van der Waals surface area contributed by atoms with Gasteiger partial charge in [0.25, 0.3) is 5.69 Å². The van der Waals surface area contributed by atoms with Crippen LogP contribution < -0.4 is 10.6 Å². The topological polar surface area (TPSA) is 84.3 Å². The quantitative estimate of drug-likeness (QED) is 0.577. The van der Waals surface area contributed by atoms with Gasteiger partial charge in [-0.3, -0.25) is 14.9 Å². The maximum atomic E-state index is 12.8. The summed E-state index contributed by atoms with van der Waals surface area (Å²) in [5.74, 6) is -0.444. The van der Waals surface area contributed by atoms with Gasteiger partial charge in [-0.25, -0.2) is 0 Å². The summed E-state index contributed by atoms with van der Waals surface area (Å²) in [5, 5.41) is 16.5. The van der Waals surface area contributed by atoms with Gasteiger partial charge < -0.3 is 10.6 Å². The Hall–Kier alpha value is -3.10. The molecule has 0 aliphatic rings. The van der Waals surface area contributed by atoms with Gasteiger partial charge in [-0.1, -0.05) is 30.3 Å². The van der Waals surface area contributed by atoms with Crippen LogP contribution in [0.25, 0.3) is 0 Å². The number of nitro groups is 1. The standard InChI is InChI=1S/C18H18F3N3O3/c1-11(13-6-4-3-5-7-13)23-17(25)12(2)22-15-9-8-14(18(19,20)21)10-16(15)24(26)27/h3-12,22H,1-2H3,(H,23,25)/t11-,12-/m0/s1. The molecular formula is C18H18F3N3O3. The first-order valence-corrected chi connectivity index (χ1v) is 8.07. The molecule has 0 unspecified atom stereocenters. The predicted octanol–water partition coefficient (Wildman–Crippen LogP) is 4.29. The number of nitro benzene ring substituents is 1. The van der Waals surface area contributed by atoms with Crippen molar-refractivity contribution in [1.82, 2.24) is 5.32 Å². The smallest absolute Gasteiger partial charge is 0.368 e. The fourth-order valence-corrected chi connectivity index (χ4v) is 2.44. The van der Waals surface area contributed by atoms with Crippen molar-refractivity contribution in [2.75, 3.05) is 5.32 Å².